The number of amides is 1. The van der Waals surface area contributed by atoms with E-state index in [-0.39, 0.29) is 34.2 Å². The van der Waals surface area contributed by atoms with Crippen LogP contribution in [0.1, 0.15) is 106 Å². The van der Waals surface area contributed by atoms with Gasteiger partial charge in [-0.2, -0.15) is 15.3 Å². The van der Waals surface area contributed by atoms with Crippen LogP contribution in [-0.2, 0) is 41.8 Å². The van der Waals surface area contributed by atoms with Crippen molar-refractivity contribution in [3.8, 4) is 39.5 Å². The van der Waals surface area contributed by atoms with Crippen LogP contribution in [0.15, 0.2) is 310 Å². The van der Waals surface area contributed by atoms with E-state index in [1.807, 2.05) is 201 Å². The fourth-order valence-electron chi connectivity index (χ4n) is 16.1. The maximum atomic E-state index is 14.3. The van der Waals surface area contributed by atoms with Crippen molar-refractivity contribution < 1.29 is 29.8 Å². The molecule has 0 aliphatic heterocycles. The Bertz CT molecular complexity index is 6480. The molecular weight excluding hydrogens is 1400 g/mol. The average Bonchev–Trinajstić information content (AvgIpc) is 1.69. The van der Waals surface area contributed by atoms with Gasteiger partial charge in [0.25, 0.3) is 5.91 Å². The number of hydrogen-bond donors (Lipinski definition) is 7. The number of aromatic hydroxyl groups is 3. The molecule has 113 heavy (non-hydrogen) atoms. The summed E-state index contributed by atoms with van der Waals surface area (Å²) in [7, 11) is 0. The van der Waals surface area contributed by atoms with Crippen molar-refractivity contribution in [2.45, 2.75) is 72.0 Å². The molecule has 17 nitrogen and oxygen atoms in total. The Morgan fingerprint density at radius 3 is 1.49 bits per heavy atom. The third-order valence-corrected chi connectivity index (χ3v) is 21.9. The van der Waals surface area contributed by atoms with Gasteiger partial charge in [0.15, 0.2) is 5.75 Å². The normalized spacial score (nSPS) is 12.8. The Labute approximate surface area is 652 Å². The predicted octanol–water partition coefficient (Wildman–Crippen LogP) is 25.3. The molecule has 0 saturated heterocycles. The zero-order valence-corrected chi connectivity index (χ0v) is 62.6. The maximum absolute atomic E-state index is 14.3. The van der Waals surface area contributed by atoms with Crippen LogP contribution in [-0.4, -0.2) is 26.2 Å². The lowest BCUT2D eigenvalue weighted by molar-refractivity contribution is 0.0648. The lowest BCUT2D eigenvalue weighted by Crippen LogP contribution is -2.13. The monoisotopic (exact) mass is 1480 g/mol. The highest BCUT2D eigenvalue weighted by Gasteiger charge is 2.31. The SMILES string of the molecule is CCc1ccccc1.CCc1ccccc1NC(=O)c1cc2ccc3c(c2c(N=Nc2ccc(N(c4ccc(N=Nc5c(O)c(C(ON)c6ccccc6CC)cc6ccc7c(c56)Cc5ccccc5-7)cc4)c4ccc(N=Nc5c(O)c(C(C)ON)cc6ccc7c8ccccc8[nH]c7c56)cc4)cc2)c1O)Cc1ccccc1-3. The molecule has 9 N–H and O–H groups in total. The number of hydrogen-bond acceptors (Lipinski definition) is 15. The number of phenols is 3. The van der Waals surface area contributed by atoms with E-state index in [1.165, 1.54) is 11.1 Å². The third-order valence-electron chi connectivity index (χ3n) is 21.9. The smallest absolute Gasteiger partial charge is 0.259 e. The second-order valence-electron chi connectivity index (χ2n) is 28.4. The minimum Gasteiger partial charge on any atom is -0.505 e. The minimum atomic E-state index is -0.812. The number of fused-ring (bicyclic) bond motifs is 15. The zero-order valence-electron chi connectivity index (χ0n) is 62.6. The van der Waals surface area contributed by atoms with Gasteiger partial charge in [0.05, 0.1) is 28.1 Å². The van der Waals surface area contributed by atoms with Gasteiger partial charge in [-0.15, -0.1) is 15.3 Å². The maximum Gasteiger partial charge on any atom is 0.259 e. The standard InChI is InChI=1S/C88H69N11O6.C8H10/c1-4-50-16-6-12-22-65(50)87(105-90)73-47-54-26-41-66-63-20-10-7-18-52(63)44-71(66)77(54)81(85(73)101)96-93-57-29-35-60(36-30-57)99(62-39-33-59(34-40-62)95-98-83-79-56(46-70(84(83)100)49(3)104-89)28-43-69-68-23-13-15-25-76(68)91-80(69)79)61-37-31-58(32-38-61)94-97-82-78-55(27-42-67-64-21-11-8-19-53(64)45-72(67)78)48-74(86(82)102)88(103)92-75-24-14-9-17-51(75)5-2;1-2-8-6-4-3-5-7-8/h6-43,46-49,87,91,100-102H,4-5,44-45,89-90H2,1-3H3,(H,92,103);3-7H,2H2,1H3. The summed E-state index contributed by atoms with van der Waals surface area (Å²) >= 11 is 0. The summed E-state index contributed by atoms with van der Waals surface area (Å²) < 4.78 is 0. The van der Waals surface area contributed by atoms with Crippen molar-refractivity contribution in [3.05, 3.63) is 340 Å². The lowest BCUT2D eigenvalue weighted by atomic mass is 9.90. The van der Waals surface area contributed by atoms with Crippen molar-refractivity contribution in [2.24, 2.45) is 42.5 Å². The van der Waals surface area contributed by atoms with E-state index < -0.39 is 18.1 Å². The van der Waals surface area contributed by atoms with Gasteiger partial charge in [-0.3, -0.25) is 14.5 Å². The molecule has 554 valence electrons. The van der Waals surface area contributed by atoms with E-state index in [2.05, 4.69) is 108 Å². The van der Waals surface area contributed by atoms with Gasteiger partial charge < -0.3 is 30.5 Å². The summed E-state index contributed by atoms with van der Waals surface area (Å²) in [4.78, 5) is 31.0. The number of azo groups is 3. The summed E-state index contributed by atoms with van der Waals surface area (Å²) in [6.07, 6.45) is 2.35. The largest absolute Gasteiger partial charge is 0.505 e. The molecule has 0 saturated carbocycles. The number of nitrogens with zero attached hydrogens (tertiary/aromatic N) is 7. The van der Waals surface area contributed by atoms with Crippen LogP contribution in [0.2, 0.25) is 0 Å². The summed E-state index contributed by atoms with van der Waals surface area (Å²) in [5, 5.41) is 75.8. The van der Waals surface area contributed by atoms with Crippen molar-refractivity contribution in [1.29, 1.82) is 0 Å². The molecule has 2 aliphatic rings. The number of anilines is 4. The Morgan fingerprint density at radius 1 is 0.442 bits per heavy atom. The third kappa shape index (κ3) is 13.5. The summed E-state index contributed by atoms with van der Waals surface area (Å²) in [5.41, 5.74) is 20.8. The van der Waals surface area contributed by atoms with Crippen molar-refractivity contribution in [2.75, 3.05) is 10.2 Å². The quantitative estimate of drug-likeness (QED) is 0.0300. The van der Waals surface area contributed by atoms with Crippen LogP contribution in [0, 0.1) is 0 Å². The Kier molecular flexibility index (Phi) is 19.7. The molecule has 15 aromatic carbocycles. The highest BCUT2D eigenvalue weighted by atomic mass is 16.6. The van der Waals surface area contributed by atoms with E-state index in [9.17, 15) is 20.1 Å². The molecule has 2 aliphatic carbocycles. The number of para-hydroxylation sites is 2. The molecule has 16 aromatic rings. The van der Waals surface area contributed by atoms with Crippen LogP contribution in [0.25, 0.3) is 76.4 Å². The van der Waals surface area contributed by atoms with E-state index in [4.69, 9.17) is 52.2 Å². The average molecular weight is 1480 g/mol. The Morgan fingerprint density at radius 2 is 0.920 bits per heavy atom. The highest BCUT2D eigenvalue weighted by Crippen LogP contribution is 2.53. The number of aromatic nitrogens is 1. The van der Waals surface area contributed by atoms with Crippen LogP contribution >= 0.6 is 0 Å². The van der Waals surface area contributed by atoms with Crippen molar-refractivity contribution in [3.63, 3.8) is 0 Å². The van der Waals surface area contributed by atoms with Crippen LogP contribution in [0.5, 0.6) is 17.2 Å². The summed E-state index contributed by atoms with van der Waals surface area (Å²) in [6.45, 7) is 8.03. The first-order valence-corrected chi connectivity index (χ1v) is 37.9. The molecule has 1 amide bonds. The first-order valence-electron chi connectivity index (χ1n) is 37.9. The molecule has 2 unspecified atom stereocenters. The molecule has 0 fully saturated rings. The number of rotatable bonds is 19. The first kappa shape index (κ1) is 72.1. The molecule has 2 atom stereocenters. The van der Waals surface area contributed by atoms with E-state index >= 15 is 0 Å². The molecule has 1 heterocycles. The van der Waals surface area contributed by atoms with Crippen molar-refractivity contribution >= 4 is 117 Å². The van der Waals surface area contributed by atoms with Gasteiger partial charge in [0.1, 0.15) is 40.8 Å². The first-order chi connectivity index (χ1) is 55.4. The number of aromatic amines is 1. The summed E-state index contributed by atoms with van der Waals surface area (Å²) in [5.74, 6) is 10.9. The number of nitrogens with one attached hydrogen (secondary N) is 2. The molecule has 18 rings (SSSR count). The highest BCUT2D eigenvalue weighted by molar-refractivity contribution is 6.21. The minimum absolute atomic E-state index is 0.0686. The number of carbonyl (C=O) groups is 1. The van der Waals surface area contributed by atoms with E-state index in [0.717, 1.165) is 129 Å². The number of nitrogens with two attached hydrogens (primary N) is 2. The van der Waals surface area contributed by atoms with Crippen LogP contribution in [0.4, 0.5) is 56.9 Å². The molecule has 0 spiro atoms. The number of phenolic OH excluding ortho intramolecular Hbond substituents is 3. The fraction of sp³-hybridized carbons (Fsp3) is 0.115. The molecule has 0 bridgehead atoms. The Balaban J connectivity index is 0.00000109. The van der Waals surface area contributed by atoms with Crippen LogP contribution in [0.3, 0.4) is 0 Å². The van der Waals surface area contributed by atoms with Crippen molar-refractivity contribution in [1.82, 2.24) is 4.98 Å². The van der Waals surface area contributed by atoms with Gasteiger partial charge in [0, 0.05) is 66.3 Å². The van der Waals surface area contributed by atoms with Gasteiger partial charge in [0.2, 0.25) is 0 Å². The number of carbonyl (C=O) groups excluding carboxylic acids is 1. The zero-order chi connectivity index (χ0) is 77.4. The number of benzene rings is 15. The molecular formula is C96H79N11O6. The summed E-state index contributed by atoms with van der Waals surface area (Å²) in [6, 6.07) is 91.3. The topological polar surface area (TPSA) is 253 Å². The van der Waals surface area contributed by atoms with Gasteiger partial charge in [-0.05, 0) is 225 Å². The second kappa shape index (κ2) is 30.9. The Hall–Kier alpha value is -13.8. The predicted molar refractivity (Wildman–Crippen MR) is 453 cm³/mol. The second-order valence-corrected chi connectivity index (χ2v) is 28.4. The van der Waals surface area contributed by atoms with E-state index in [0.29, 0.717) is 69.6 Å². The molecule has 0 radical (unpaired) electrons. The van der Waals surface area contributed by atoms with E-state index in [1.54, 1.807) is 13.0 Å². The number of H-pyrrole nitrogens is 1. The lowest BCUT2D eigenvalue weighted by Gasteiger charge is -2.25. The molecule has 17 heteroatoms. The van der Waals surface area contributed by atoms with Gasteiger partial charge in [-0.25, -0.2) is 11.8 Å². The molecule has 1 aromatic heterocycles. The fourth-order valence-corrected chi connectivity index (χ4v) is 16.1. The van der Waals surface area contributed by atoms with Gasteiger partial charge in [-0.1, -0.05) is 197 Å². The van der Waals surface area contributed by atoms with Gasteiger partial charge >= 0.3 is 0 Å². The number of aryl methyl sites for hydroxylation is 3. The van der Waals surface area contributed by atoms with Crippen LogP contribution < -0.4 is 22.0 Å².